The number of nitrogens with two attached hydrogens (primary N) is 1. The zero-order chi connectivity index (χ0) is 34.7. The third-order valence-electron chi connectivity index (χ3n) is 8.52. The summed E-state index contributed by atoms with van der Waals surface area (Å²) in [5.41, 5.74) is 7.41. The summed E-state index contributed by atoms with van der Waals surface area (Å²) < 4.78 is 33.3. The predicted molar refractivity (Wildman–Crippen MR) is 182 cm³/mol. The van der Waals surface area contributed by atoms with Crippen molar-refractivity contribution in [1.29, 1.82) is 0 Å². The molecule has 3 amide bonds. The van der Waals surface area contributed by atoms with Crippen molar-refractivity contribution >= 4 is 45.1 Å². The second-order valence-electron chi connectivity index (χ2n) is 12.6. The average Bonchev–Trinajstić information content (AvgIpc) is 3.80. The van der Waals surface area contributed by atoms with Gasteiger partial charge in [-0.15, -0.1) is 0 Å². The number of rotatable bonds is 19. The van der Waals surface area contributed by atoms with E-state index < -0.39 is 57.8 Å². The summed E-state index contributed by atoms with van der Waals surface area (Å²) >= 11 is 6.01. The molecule has 2 aromatic rings. The van der Waals surface area contributed by atoms with Crippen LogP contribution < -0.4 is 21.1 Å². The number of benzene rings is 2. The van der Waals surface area contributed by atoms with Crippen LogP contribution >= 0.6 is 11.6 Å². The van der Waals surface area contributed by atoms with Crippen molar-refractivity contribution in [3.8, 4) is 0 Å². The summed E-state index contributed by atoms with van der Waals surface area (Å²) in [6, 6.07) is 13.1. The summed E-state index contributed by atoms with van der Waals surface area (Å²) in [5, 5.41) is 5.98. The zero-order valence-electron chi connectivity index (χ0n) is 27.2. The van der Waals surface area contributed by atoms with Gasteiger partial charge in [-0.3, -0.25) is 19.2 Å². The van der Waals surface area contributed by atoms with E-state index in [1.165, 1.54) is 4.90 Å². The first-order chi connectivity index (χ1) is 22.9. The number of hydrogen-bond donors (Lipinski definition) is 4. The van der Waals surface area contributed by atoms with Gasteiger partial charge in [0, 0.05) is 24.5 Å². The highest BCUT2D eigenvalue weighted by atomic mass is 35.5. The molecule has 4 rings (SSSR count). The zero-order valence-corrected chi connectivity index (χ0v) is 28.8. The number of likely N-dealkylation sites (tertiary alicyclic amines) is 1. The number of nitrogens with one attached hydrogen (secondary N) is 3. The molecule has 1 aliphatic heterocycles. The monoisotopic (exact) mass is 703 g/mol. The van der Waals surface area contributed by atoms with Gasteiger partial charge >= 0.3 is 0 Å². The number of hydrogen-bond acceptors (Lipinski definition) is 8. The van der Waals surface area contributed by atoms with Gasteiger partial charge in [-0.25, -0.2) is 13.1 Å². The van der Waals surface area contributed by atoms with Crippen molar-refractivity contribution in [2.75, 3.05) is 25.9 Å². The molecule has 2 aliphatic rings. The molecule has 262 valence electrons. The molecule has 2 aromatic carbocycles. The largest absolute Gasteiger partial charge is 0.372 e. The molecule has 0 unspecified atom stereocenters. The Balaban J connectivity index is 1.54. The molecule has 2 fully saturated rings. The van der Waals surface area contributed by atoms with Gasteiger partial charge in [-0.1, -0.05) is 54.1 Å². The minimum Gasteiger partial charge on any atom is -0.372 e. The number of Topliss-reactive ketones (excluding diaryl/α,β-unsaturated/α-hetero) is 1. The number of ether oxygens (including phenoxy) is 1. The first-order valence-electron chi connectivity index (χ1n) is 16.4. The Morgan fingerprint density at radius 1 is 0.979 bits per heavy atom. The maximum atomic E-state index is 14.1. The van der Waals surface area contributed by atoms with Gasteiger partial charge in [0.25, 0.3) is 5.91 Å². The molecule has 0 bridgehead atoms. The minimum absolute atomic E-state index is 0.0193. The summed E-state index contributed by atoms with van der Waals surface area (Å²) in [6.45, 7) is 1.01. The summed E-state index contributed by atoms with van der Waals surface area (Å²) in [6.07, 6.45) is 4.37. The summed E-state index contributed by atoms with van der Waals surface area (Å²) in [4.78, 5) is 55.3. The van der Waals surface area contributed by atoms with E-state index >= 15 is 0 Å². The van der Waals surface area contributed by atoms with Gasteiger partial charge in [0.15, 0.2) is 0 Å². The molecule has 0 aromatic heterocycles. The topological polar surface area (TPSA) is 177 Å². The molecule has 5 N–H and O–H groups in total. The smallest absolute Gasteiger partial charge is 0.289 e. The molecular weight excluding hydrogens is 658 g/mol. The van der Waals surface area contributed by atoms with Crippen molar-refractivity contribution < 1.29 is 32.3 Å². The first-order valence-corrected chi connectivity index (χ1v) is 18.7. The molecule has 14 heteroatoms. The van der Waals surface area contributed by atoms with Gasteiger partial charge < -0.3 is 26.0 Å². The molecule has 12 nitrogen and oxygen atoms in total. The van der Waals surface area contributed by atoms with Crippen LogP contribution in [0.1, 0.15) is 56.1 Å². The van der Waals surface area contributed by atoms with Gasteiger partial charge in [0.1, 0.15) is 12.1 Å². The Labute approximate surface area is 287 Å². The van der Waals surface area contributed by atoms with Crippen molar-refractivity contribution in [3.63, 3.8) is 0 Å². The Morgan fingerprint density at radius 3 is 2.33 bits per heavy atom. The third kappa shape index (κ3) is 12.0. The predicted octanol–water partition coefficient (Wildman–Crippen LogP) is 2.09. The van der Waals surface area contributed by atoms with E-state index in [0.717, 1.165) is 30.2 Å². The number of carbonyl (C=O) groups is 4. The molecule has 0 radical (unpaired) electrons. The number of carbonyl (C=O) groups excluding carboxylic acids is 4. The van der Waals surface area contributed by atoms with Crippen LogP contribution in [-0.2, 0) is 47.0 Å². The Kier molecular flexibility index (Phi) is 13.9. The van der Waals surface area contributed by atoms with E-state index in [2.05, 4.69) is 15.4 Å². The van der Waals surface area contributed by atoms with Crippen LogP contribution in [0.3, 0.4) is 0 Å². The number of sulfonamides is 1. The molecule has 0 spiro atoms. The van der Waals surface area contributed by atoms with Gasteiger partial charge in [0.05, 0.1) is 25.0 Å². The standard InChI is InChI=1S/C34H46ClN5O7S/c1-48(45,46)39-29(17-14-23-7-3-2-4-8-23)34(44)40-21-27(47-22-25-12-15-26(35)16-13-25)19-30(40)32(42)38-28(9-5-6-18-36)31(41)33(43)37-20-24-10-11-24/h2-4,7-8,12-13,15-16,24,27-30,39H,5-6,9-11,14,17-22,36H2,1H3,(H,37,43)(H,38,42)/t27-,28+,29-,30+/m1/s1. The maximum Gasteiger partial charge on any atom is 0.289 e. The van der Waals surface area contributed by atoms with Crippen LogP contribution in [-0.4, -0.2) is 86.9 Å². The fourth-order valence-electron chi connectivity index (χ4n) is 5.69. The van der Waals surface area contributed by atoms with E-state index in [1.807, 2.05) is 42.5 Å². The number of halogens is 1. The van der Waals surface area contributed by atoms with Crippen LogP contribution in [0.4, 0.5) is 0 Å². The van der Waals surface area contributed by atoms with E-state index in [1.54, 1.807) is 12.1 Å². The van der Waals surface area contributed by atoms with E-state index in [9.17, 15) is 27.6 Å². The normalized spacial score (nSPS) is 19.0. The maximum absolute atomic E-state index is 14.1. The highest BCUT2D eigenvalue weighted by Crippen LogP contribution is 2.28. The average molecular weight is 704 g/mol. The Morgan fingerprint density at radius 2 is 1.69 bits per heavy atom. The molecular formula is C34H46ClN5O7S. The lowest BCUT2D eigenvalue weighted by atomic mass is 10.0. The summed E-state index contributed by atoms with van der Waals surface area (Å²) in [5.74, 6) is -2.36. The van der Waals surface area contributed by atoms with Crippen molar-refractivity contribution in [1.82, 2.24) is 20.3 Å². The molecule has 48 heavy (non-hydrogen) atoms. The Hall–Kier alpha value is -3.36. The molecule has 4 atom stereocenters. The first kappa shape index (κ1) is 37.5. The highest BCUT2D eigenvalue weighted by Gasteiger charge is 2.43. The van der Waals surface area contributed by atoms with Gasteiger partial charge in [0.2, 0.25) is 27.6 Å². The third-order valence-corrected chi connectivity index (χ3v) is 9.48. The second kappa shape index (κ2) is 17.9. The summed E-state index contributed by atoms with van der Waals surface area (Å²) in [7, 11) is -3.80. The fourth-order valence-corrected chi connectivity index (χ4v) is 6.55. The number of aryl methyl sites for hydroxylation is 1. The van der Waals surface area contributed by atoms with Crippen molar-refractivity contribution in [2.24, 2.45) is 11.7 Å². The molecule has 1 aliphatic carbocycles. The minimum atomic E-state index is -3.80. The second-order valence-corrected chi connectivity index (χ2v) is 14.8. The SMILES string of the molecule is CS(=O)(=O)N[C@H](CCc1ccccc1)C(=O)N1C[C@H](OCc2ccc(Cl)cc2)C[C@H]1C(=O)N[C@@H](CCCCN)C(=O)C(=O)NCC1CC1. The van der Waals surface area contributed by atoms with E-state index in [4.69, 9.17) is 22.1 Å². The van der Waals surface area contributed by atoms with E-state index in [0.29, 0.717) is 43.3 Å². The molecule has 1 saturated carbocycles. The molecule has 1 heterocycles. The quantitative estimate of drug-likeness (QED) is 0.127. The number of unbranched alkanes of at least 4 members (excludes halogenated alkanes) is 1. The lowest BCUT2D eigenvalue weighted by Gasteiger charge is -2.29. The molecule has 1 saturated heterocycles. The lowest BCUT2D eigenvalue weighted by Crippen LogP contribution is -2.56. The number of nitrogens with zero attached hydrogens (tertiary/aromatic N) is 1. The van der Waals surface area contributed by atoms with E-state index in [-0.39, 0.29) is 32.4 Å². The van der Waals surface area contributed by atoms with Crippen LogP contribution in [0.2, 0.25) is 5.02 Å². The van der Waals surface area contributed by atoms with Gasteiger partial charge in [-0.2, -0.15) is 0 Å². The van der Waals surface area contributed by atoms with Gasteiger partial charge in [-0.05, 0) is 80.7 Å². The van der Waals surface area contributed by atoms with Crippen molar-refractivity contribution in [3.05, 3.63) is 70.7 Å². The van der Waals surface area contributed by atoms with Crippen LogP contribution in [0, 0.1) is 5.92 Å². The van der Waals surface area contributed by atoms with Crippen LogP contribution in [0.25, 0.3) is 0 Å². The van der Waals surface area contributed by atoms with Crippen LogP contribution in [0.5, 0.6) is 0 Å². The Bertz CT molecular complexity index is 1510. The fraction of sp³-hybridized carbons (Fsp3) is 0.529. The highest BCUT2D eigenvalue weighted by molar-refractivity contribution is 7.88. The van der Waals surface area contributed by atoms with Crippen molar-refractivity contribution in [2.45, 2.75) is 82.2 Å². The lowest BCUT2D eigenvalue weighted by molar-refractivity contribution is -0.142. The number of ketones is 1. The van der Waals surface area contributed by atoms with Crippen LogP contribution in [0.15, 0.2) is 54.6 Å². The number of amides is 3.